The van der Waals surface area contributed by atoms with Crippen molar-refractivity contribution in [2.24, 2.45) is 10.7 Å². The normalized spacial score (nSPS) is 13.4. The second kappa shape index (κ2) is 9.18. The first kappa shape index (κ1) is 20.9. The van der Waals surface area contributed by atoms with Crippen LogP contribution in [0.25, 0.3) is 0 Å². The fourth-order valence-electron chi connectivity index (χ4n) is 3.47. The molecule has 3 N–H and O–H groups in total. The van der Waals surface area contributed by atoms with Crippen molar-refractivity contribution >= 4 is 17.6 Å². The van der Waals surface area contributed by atoms with Crippen LogP contribution in [0.2, 0.25) is 0 Å². The summed E-state index contributed by atoms with van der Waals surface area (Å²) in [6.07, 6.45) is 2.20. The van der Waals surface area contributed by atoms with Crippen LogP contribution in [0.5, 0.6) is 5.75 Å². The molecule has 0 aliphatic carbocycles. The lowest BCUT2D eigenvalue weighted by atomic mass is 9.96. The van der Waals surface area contributed by atoms with Gasteiger partial charge in [0.2, 0.25) is 0 Å². The third-order valence-corrected chi connectivity index (χ3v) is 5.08. The molecule has 2 heterocycles. The standard InChI is InChI=1S/C24H21N5O3/c1-31-24(26)29-22(18-6-8-21-16(11-18)9-10-32-21)17-3-2-4-19(12-17)28-23(30)20-7-5-15(13-25)14-27-20/h2-8,11-12,14,22H,9-10H2,1H3,(H2,26,29)(H,28,30). The number of hydrogen-bond donors (Lipinski definition) is 2. The lowest BCUT2D eigenvalue weighted by Gasteiger charge is -2.16. The summed E-state index contributed by atoms with van der Waals surface area (Å²) in [6.45, 7) is 0.665. The van der Waals surface area contributed by atoms with Gasteiger partial charge >= 0.3 is 0 Å². The van der Waals surface area contributed by atoms with Crippen LogP contribution in [0.15, 0.2) is 65.8 Å². The number of amides is 1. The summed E-state index contributed by atoms with van der Waals surface area (Å²) in [5.74, 6) is 0.505. The maximum absolute atomic E-state index is 12.6. The zero-order valence-corrected chi connectivity index (χ0v) is 17.4. The number of aliphatic imine (C=N–C) groups is 1. The molecular formula is C24H21N5O3. The van der Waals surface area contributed by atoms with Gasteiger partial charge in [-0.25, -0.2) is 9.98 Å². The molecule has 0 saturated carbocycles. The van der Waals surface area contributed by atoms with Gasteiger partial charge in [0.1, 0.15) is 23.6 Å². The van der Waals surface area contributed by atoms with Crippen molar-refractivity contribution in [2.45, 2.75) is 12.5 Å². The number of benzene rings is 2. The fourth-order valence-corrected chi connectivity index (χ4v) is 3.47. The van der Waals surface area contributed by atoms with E-state index in [1.807, 2.05) is 36.4 Å². The molecule has 1 amide bonds. The van der Waals surface area contributed by atoms with E-state index in [1.54, 1.807) is 12.1 Å². The van der Waals surface area contributed by atoms with Gasteiger partial charge in [-0.3, -0.25) is 4.79 Å². The summed E-state index contributed by atoms with van der Waals surface area (Å²) in [4.78, 5) is 21.1. The minimum Gasteiger partial charge on any atom is -0.493 e. The molecule has 0 fully saturated rings. The minimum absolute atomic E-state index is 0.0583. The van der Waals surface area contributed by atoms with E-state index >= 15 is 0 Å². The van der Waals surface area contributed by atoms with Crippen molar-refractivity contribution < 1.29 is 14.3 Å². The van der Waals surface area contributed by atoms with Crippen molar-refractivity contribution in [1.82, 2.24) is 4.98 Å². The Hall–Kier alpha value is -4.38. The number of nitrogens with one attached hydrogen (secondary N) is 1. The van der Waals surface area contributed by atoms with Gasteiger partial charge in [0.05, 0.1) is 19.3 Å². The molecule has 3 aromatic rings. The molecule has 4 rings (SSSR count). The SMILES string of the molecule is CO/C(N)=N\C(c1cccc(NC(=O)c2ccc(C#N)cn2)c1)c1ccc2c(c1)CCO2. The Morgan fingerprint density at radius 1 is 1.25 bits per heavy atom. The van der Waals surface area contributed by atoms with Crippen LogP contribution in [-0.2, 0) is 11.2 Å². The Morgan fingerprint density at radius 2 is 2.09 bits per heavy atom. The summed E-state index contributed by atoms with van der Waals surface area (Å²) >= 11 is 0. The maximum Gasteiger partial charge on any atom is 0.282 e. The summed E-state index contributed by atoms with van der Waals surface area (Å²) in [6, 6.07) is 18.0. The number of ether oxygens (including phenoxy) is 2. The van der Waals surface area contributed by atoms with Gasteiger partial charge in [0, 0.05) is 18.3 Å². The van der Waals surface area contributed by atoms with Gasteiger partial charge in [-0.2, -0.15) is 5.26 Å². The van der Waals surface area contributed by atoms with Gasteiger partial charge in [0.25, 0.3) is 11.9 Å². The lowest BCUT2D eigenvalue weighted by Crippen LogP contribution is -2.16. The first-order valence-corrected chi connectivity index (χ1v) is 9.97. The molecule has 1 aliphatic rings. The van der Waals surface area contributed by atoms with Crippen LogP contribution in [0, 0.1) is 11.3 Å². The number of pyridine rings is 1. The Kier molecular flexibility index (Phi) is 5.99. The van der Waals surface area contributed by atoms with Gasteiger partial charge in [0.15, 0.2) is 0 Å². The van der Waals surface area contributed by atoms with Crippen molar-refractivity contribution in [3.05, 3.63) is 88.7 Å². The number of hydrogen-bond acceptors (Lipinski definition) is 6. The summed E-state index contributed by atoms with van der Waals surface area (Å²) in [5.41, 5.74) is 9.95. The number of nitriles is 1. The number of carbonyl (C=O) groups excluding carboxylic acids is 1. The number of rotatable bonds is 5. The molecule has 1 unspecified atom stereocenters. The predicted octanol–water partition coefficient (Wildman–Crippen LogP) is 3.19. The number of nitrogens with two attached hydrogens (primary N) is 1. The summed E-state index contributed by atoms with van der Waals surface area (Å²) < 4.78 is 10.7. The molecular weight excluding hydrogens is 406 g/mol. The highest BCUT2D eigenvalue weighted by atomic mass is 16.5. The number of fused-ring (bicyclic) bond motifs is 1. The quantitative estimate of drug-likeness (QED) is 0.476. The second-order valence-corrected chi connectivity index (χ2v) is 7.16. The van der Waals surface area contributed by atoms with E-state index in [-0.39, 0.29) is 17.6 Å². The summed E-state index contributed by atoms with van der Waals surface area (Å²) in [5, 5.41) is 11.7. The lowest BCUT2D eigenvalue weighted by molar-refractivity contribution is 0.102. The van der Waals surface area contributed by atoms with Crippen LogP contribution in [0.1, 0.15) is 38.8 Å². The molecule has 160 valence electrons. The van der Waals surface area contributed by atoms with E-state index in [4.69, 9.17) is 20.5 Å². The predicted molar refractivity (Wildman–Crippen MR) is 119 cm³/mol. The number of carbonyl (C=O) groups is 1. The van der Waals surface area contributed by atoms with Crippen LogP contribution in [-0.4, -0.2) is 30.6 Å². The van der Waals surface area contributed by atoms with Crippen molar-refractivity contribution in [3.8, 4) is 11.8 Å². The van der Waals surface area contributed by atoms with Crippen LogP contribution < -0.4 is 15.8 Å². The fraction of sp³-hybridized carbons (Fsp3) is 0.167. The molecule has 8 heteroatoms. The van der Waals surface area contributed by atoms with E-state index < -0.39 is 6.04 Å². The highest BCUT2D eigenvalue weighted by molar-refractivity contribution is 6.02. The highest BCUT2D eigenvalue weighted by Crippen LogP contribution is 2.33. The third kappa shape index (κ3) is 4.52. The highest BCUT2D eigenvalue weighted by Gasteiger charge is 2.19. The number of aromatic nitrogens is 1. The molecule has 8 nitrogen and oxygen atoms in total. The zero-order chi connectivity index (χ0) is 22.5. The van der Waals surface area contributed by atoms with Crippen molar-refractivity contribution in [3.63, 3.8) is 0 Å². The molecule has 32 heavy (non-hydrogen) atoms. The van der Waals surface area contributed by atoms with Gasteiger partial charge < -0.3 is 20.5 Å². The molecule has 2 aromatic carbocycles. The van der Waals surface area contributed by atoms with E-state index in [1.165, 1.54) is 19.4 Å². The molecule has 1 aliphatic heterocycles. The molecule has 0 bridgehead atoms. The van der Waals surface area contributed by atoms with Crippen molar-refractivity contribution in [1.29, 1.82) is 5.26 Å². The second-order valence-electron chi connectivity index (χ2n) is 7.16. The Bertz CT molecular complexity index is 1220. The average molecular weight is 427 g/mol. The van der Waals surface area contributed by atoms with Crippen molar-refractivity contribution in [2.75, 3.05) is 19.0 Å². The van der Waals surface area contributed by atoms with E-state index in [2.05, 4.69) is 21.4 Å². The third-order valence-electron chi connectivity index (χ3n) is 5.08. The van der Waals surface area contributed by atoms with Crippen LogP contribution in [0.3, 0.4) is 0 Å². The molecule has 0 spiro atoms. The zero-order valence-electron chi connectivity index (χ0n) is 17.4. The van der Waals surface area contributed by atoms with E-state index in [9.17, 15) is 4.79 Å². The number of anilines is 1. The van der Waals surface area contributed by atoms with Crippen LogP contribution in [0.4, 0.5) is 5.69 Å². The number of methoxy groups -OCH3 is 1. The van der Waals surface area contributed by atoms with E-state index in [0.29, 0.717) is 17.9 Å². The van der Waals surface area contributed by atoms with E-state index in [0.717, 1.165) is 28.9 Å². The maximum atomic E-state index is 12.6. The first-order chi connectivity index (χ1) is 15.6. The van der Waals surface area contributed by atoms with Gasteiger partial charge in [-0.1, -0.05) is 18.2 Å². The smallest absolute Gasteiger partial charge is 0.282 e. The van der Waals surface area contributed by atoms with Crippen LogP contribution >= 0.6 is 0 Å². The Morgan fingerprint density at radius 3 is 2.84 bits per heavy atom. The molecule has 0 saturated heterocycles. The minimum atomic E-state index is -0.425. The number of amidine groups is 1. The average Bonchev–Trinajstić information content (AvgIpc) is 3.30. The summed E-state index contributed by atoms with van der Waals surface area (Å²) in [7, 11) is 1.47. The Labute approximate surface area is 185 Å². The Balaban J connectivity index is 1.63. The monoisotopic (exact) mass is 427 g/mol. The molecule has 1 aromatic heterocycles. The molecule has 1 atom stereocenters. The van der Waals surface area contributed by atoms with Gasteiger partial charge in [-0.15, -0.1) is 0 Å². The largest absolute Gasteiger partial charge is 0.493 e. The van der Waals surface area contributed by atoms with Gasteiger partial charge in [-0.05, 0) is 53.1 Å². The topological polar surface area (TPSA) is 123 Å². The molecule has 0 radical (unpaired) electrons. The number of nitrogens with zero attached hydrogens (tertiary/aromatic N) is 3. The first-order valence-electron chi connectivity index (χ1n) is 9.97.